The number of amides is 2. The van der Waals surface area contributed by atoms with Crippen LogP contribution in [0.1, 0.15) is 11.5 Å². The van der Waals surface area contributed by atoms with Gasteiger partial charge in [-0.05, 0) is 5.56 Å². The minimum atomic E-state index is -4.70. The lowest BCUT2D eigenvalue weighted by atomic mass is 10.1. The molecule has 2 amide bonds. The van der Waals surface area contributed by atoms with Crippen molar-refractivity contribution in [2.45, 2.75) is 12.7 Å². The lowest BCUT2D eigenvalue weighted by Crippen LogP contribution is -2.38. The van der Waals surface area contributed by atoms with Crippen LogP contribution < -0.4 is 5.48 Å². The number of nitrogens with zero attached hydrogens (tertiary/aromatic N) is 3. The molecule has 2 rings (SSSR count). The van der Waals surface area contributed by atoms with Crippen LogP contribution in [0.5, 0.6) is 0 Å². The highest BCUT2D eigenvalue weighted by Gasteiger charge is 2.38. The Balaban J connectivity index is 2.10. The predicted octanol–water partition coefficient (Wildman–Crippen LogP) is 2.39. The molecule has 0 saturated heterocycles. The molecule has 2 aromatic rings. The van der Waals surface area contributed by atoms with Crippen molar-refractivity contribution in [3.8, 4) is 11.4 Å². The number of carbonyl (C=O) groups excluding carboxylic acids is 1. The monoisotopic (exact) mass is 346 g/mol. The SMILES string of the molecule is CONC(=O)N(Cc1ccc(-c2noc(C(F)(F)F)n2)cc1)OC. The molecule has 0 spiro atoms. The van der Waals surface area contributed by atoms with Gasteiger partial charge in [0.25, 0.3) is 0 Å². The quantitative estimate of drug-likeness (QED) is 0.836. The van der Waals surface area contributed by atoms with Crippen LogP contribution in [0.15, 0.2) is 28.8 Å². The number of hydrogen-bond acceptors (Lipinski definition) is 6. The van der Waals surface area contributed by atoms with Crippen LogP contribution in [0.4, 0.5) is 18.0 Å². The zero-order valence-corrected chi connectivity index (χ0v) is 12.6. The van der Waals surface area contributed by atoms with Gasteiger partial charge >= 0.3 is 18.1 Å². The summed E-state index contributed by atoms with van der Waals surface area (Å²) >= 11 is 0. The molecule has 0 radical (unpaired) electrons. The number of hydroxylamine groups is 3. The average Bonchev–Trinajstić information content (AvgIpc) is 3.03. The van der Waals surface area contributed by atoms with Gasteiger partial charge in [0.1, 0.15) is 0 Å². The number of urea groups is 1. The van der Waals surface area contributed by atoms with Gasteiger partial charge in [0, 0.05) is 5.56 Å². The number of benzene rings is 1. The molecule has 1 aromatic carbocycles. The van der Waals surface area contributed by atoms with Gasteiger partial charge in [-0.1, -0.05) is 29.4 Å². The summed E-state index contributed by atoms with van der Waals surface area (Å²) in [6.07, 6.45) is -4.70. The first-order valence-corrected chi connectivity index (χ1v) is 6.50. The number of aromatic nitrogens is 2. The Hall–Kier alpha value is -2.66. The van der Waals surface area contributed by atoms with E-state index in [9.17, 15) is 18.0 Å². The van der Waals surface area contributed by atoms with Gasteiger partial charge in [-0.15, -0.1) is 0 Å². The Morgan fingerprint density at radius 3 is 2.46 bits per heavy atom. The Kier molecular flexibility index (Phi) is 5.36. The first-order valence-electron chi connectivity index (χ1n) is 6.50. The Labute approximate surface area is 134 Å². The van der Waals surface area contributed by atoms with Gasteiger partial charge in [0.05, 0.1) is 20.8 Å². The van der Waals surface area contributed by atoms with E-state index in [4.69, 9.17) is 4.84 Å². The second kappa shape index (κ2) is 7.27. The molecule has 130 valence electrons. The third-order valence-electron chi connectivity index (χ3n) is 2.84. The molecule has 8 nitrogen and oxygen atoms in total. The fourth-order valence-electron chi connectivity index (χ4n) is 1.74. The maximum Gasteiger partial charge on any atom is 0.471 e. The van der Waals surface area contributed by atoms with Crippen LogP contribution in [-0.2, 0) is 22.4 Å². The highest BCUT2D eigenvalue weighted by atomic mass is 19.4. The van der Waals surface area contributed by atoms with Gasteiger partial charge in [0.15, 0.2) is 0 Å². The Morgan fingerprint density at radius 2 is 1.96 bits per heavy atom. The van der Waals surface area contributed by atoms with E-state index in [1.165, 1.54) is 26.4 Å². The van der Waals surface area contributed by atoms with Crippen LogP contribution in [0.25, 0.3) is 11.4 Å². The lowest BCUT2D eigenvalue weighted by molar-refractivity contribution is -0.159. The zero-order valence-electron chi connectivity index (χ0n) is 12.6. The predicted molar refractivity (Wildman–Crippen MR) is 72.8 cm³/mol. The van der Waals surface area contributed by atoms with E-state index in [0.717, 1.165) is 5.06 Å². The molecule has 1 N–H and O–H groups in total. The molecule has 11 heteroatoms. The van der Waals surface area contributed by atoms with E-state index in [1.54, 1.807) is 12.1 Å². The molecule has 0 fully saturated rings. The van der Waals surface area contributed by atoms with Crippen molar-refractivity contribution in [3.63, 3.8) is 0 Å². The second-order valence-electron chi connectivity index (χ2n) is 4.45. The highest BCUT2D eigenvalue weighted by Crippen LogP contribution is 2.29. The van der Waals surface area contributed by atoms with Crippen molar-refractivity contribution < 1.29 is 32.2 Å². The summed E-state index contributed by atoms with van der Waals surface area (Å²) in [5.74, 6) is -1.60. The highest BCUT2D eigenvalue weighted by molar-refractivity contribution is 5.71. The van der Waals surface area contributed by atoms with Gasteiger partial charge in [-0.2, -0.15) is 23.2 Å². The van der Waals surface area contributed by atoms with E-state index < -0.39 is 18.1 Å². The third kappa shape index (κ3) is 4.20. The Morgan fingerprint density at radius 1 is 1.29 bits per heavy atom. The van der Waals surface area contributed by atoms with Crippen LogP contribution in [0, 0.1) is 0 Å². The molecule has 24 heavy (non-hydrogen) atoms. The molecule has 0 aliphatic rings. The third-order valence-corrected chi connectivity index (χ3v) is 2.84. The van der Waals surface area contributed by atoms with Gasteiger partial charge in [0.2, 0.25) is 5.82 Å². The molecule has 1 aromatic heterocycles. The van der Waals surface area contributed by atoms with Crippen molar-refractivity contribution in [1.29, 1.82) is 0 Å². The van der Waals surface area contributed by atoms with Crippen molar-refractivity contribution in [2.24, 2.45) is 0 Å². The minimum Gasteiger partial charge on any atom is -0.329 e. The maximum atomic E-state index is 12.4. The second-order valence-corrected chi connectivity index (χ2v) is 4.45. The maximum absolute atomic E-state index is 12.4. The zero-order chi connectivity index (χ0) is 17.7. The van der Waals surface area contributed by atoms with Gasteiger partial charge in [-0.3, -0.25) is 9.68 Å². The summed E-state index contributed by atoms with van der Waals surface area (Å²) in [6, 6.07) is 5.57. The topological polar surface area (TPSA) is 89.7 Å². The largest absolute Gasteiger partial charge is 0.471 e. The summed E-state index contributed by atoms with van der Waals surface area (Å²) in [6.45, 7) is 0.0893. The molecule has 0 saturated carbocycles. The molecular formula is C13H13F3N4O4. The van der Waals surface area contributed by atoms with Gasteiger partial charge in [-0.25, -0.2) is 10.3 Å². The van der Waals surface area contributed by atoms with E-state index in [2.05, 4.69) is 25.0 Å². The van der Waals surface area contributed by atoms with Crippen LogP contribution >= 0.6 is 0 Å². The van der Waals surface area contributed by atoms with Crippen molar-refractivity contribution >= 4 is 6.03 Å². The number of rotatable bonds is 5. The number of halogens is 3. The smallest absolute Gasteiger partial charge is 0.329 e. The van der Waals surface area contributed by atoms with Crippen molar-refractivity contribution in [2.75, 3.05) is 14.2 Å². The van der Waals surface area contributed by atoms with E-state index >= 15 is 0 Å². The fourth-order valence-corrected chi connectivity index (χ4v) is 1.74. The standard InChI is InChI=1S/C13H13F3N4O4/c1-22-19-12(21)20(23-2)7-8-3-5-9(6-4-8)10-17-11(24-18-10)13(14,15)16/h3-6H,7H2,1-2H3,(H,19,21). The van der Waals surface area contributed by atoms with E-state index in [-0.39, 0.29) is 12.4 Å². The summed E-state index contributed by atoms with van der Waals surface area (Å²) < 4.78 is 41.5. The van der Waals surface area contributed by atoms with E-state index in [0.29, 0.717) is 11.1 Å². The molecule has 0 bridgehead atoms. The number of carbonyl (C=O) groups is 1. The summed E-state index contributed by atoms with van der Waals surface area (Å²) in [7, 11) is 2.59. The lowest BCUT2D eigenvalue weighted by Gasteiger charge is -2.19. The summed E-state index contributed by atoms with van der Waals surface area (Å²) in [4.78, 5) is 24.3. The first kappa shape index (κ1) is 17.7. The van der Waals surface area contributed by atoms with E-state index in [1.807, 2.05) is 0 Å². The minimum absolute atomic E-state index is 0.0893. The molecule has 0 aliphatic carbocycles. The normalized spacial score (nSPS) is 11.4. The van der Waals surface area contributed by atoms with Crippen molar-refractivity contribution in [1.82, 2.24) is 20.7 Å². The summed E-state index contributed by atoms with van der Waals surface area (Å²) in [5.41, 5.74) is 3.09. The molecular weight excluding hydrogens is 333 g/mol. The van der Waals surface area contributed by atoms with Crippen LogP contribution in [0.2, 0.25) is 0 Å². The van der Waals surface area contributed by atoms with Gasteiger partial charge < -0.3 is 4.52 Å². The number of hydrogen-bond donors (Lipinski definition) is 1. The molecule has 0 unspecified atom stereocenters. The number of alkyl halides is 3. The average molecular weight is 346 g/mol. The van der Waals surface area contributed by atoms with Crippen LogP contribution in [0.3, 0.4) is 0 Å². The molecule has 0 atom stereocenters. The summed E-state index contributed by atoms with van der Waals surface area (Å²) in [5, 5.41) is 4.29. The molecule has 0 aliphatic heterocycles. The van der Waals surface area contributed by atoms with Crippen molar-refractivity contribution in [3.05, 3.63) is 35.7 Å². The number of nitrogens with one attached hydrogen (secondary N) is 1. The fraction of sp³-hybridized carbons (Fsp3) is 0.308. The molecule has 1 heterocycles. The van der Waals surface area contributed by atoms with Crippen LogP contribution in [-0.4, -0.2) is 35.5 Å². The first-order chi connectivity index (χ1) is 11.3. The Bertz CT molecular complexity index is 687.